The Bertz CT molecular complexity index is 779. The zero-order chi connectivity index (χ0) is 15.3. The van der Waals surface area contributed by atoms with Gasteiger partial charge in [0.2, 0.25) is 0 Å². The van der Waals surface area contributed by atoms with Crippen LogP contribution in [0.4, 0.5) is 0 Å². The van der Waals surface area contributed by atoms with Crippen LogP contribution >= 0.6 is 0 Å². The first-order valence-electron chi connectivity index (χ1n) is 7.90. The Labute approximate surface area is 129 Å². The SMILES string of the molecule is COc1c2cc(C)oc2c(CC2CCCN2)c2cc(C)oc12. The number of nitrogens with one attached hydrogen (secondary N) is 1. The van der Waals surface area contributed by atoms with Crippen LogP contribution in [0.5, 0.6) is 5.75 Å². The fourth-order valence-corrected chi connectivity index (χ4v) is 3.64. The van der Waals surface area contributed by atoms with E-state index < -0.39 is 0 Å². The summed E-state index contributed by atoms with van der Waals surface area (Å²) in [4.78, 5) is 0. The summed E-state index contributed by atoms with van der Waals surface area (Å²) in [6.07, 6.45) is 3.42. The van der Waals surface area contributed by atoms with E-state index in [-0.39, 0.29) is 0 Å². The second-order valence-electron chi connectivity index (χ2n) is 6.21. The fourth-order valence-electron chi connectivity index (χ4n) is 3.64. The van der Waals surface area contributed by atoms with Crippen molar-refractivity contribution in [1.29, 1.82) is 0 Å². The van der Waals surface area contributed by atoms with E-state index in [0.29, 0.717) is 6.04 Å². The Kier molecular flexibility index (Phi) is 3.15. The smallest absolute Gasteiger partial charge is 0.177 e. The van der Waals surface area contributed by atoms with E-state index in [1.54, 1.807) is 7.11 Å². The minimum atomic E-state index is 0.514. The molecule has 0 amide bonds. The normalized spacial score (nSPS) is 18.6. The molecule has 3 heterocycles. The molecule has 1 fully saturated rings. The minimum absolute atomic E-state index is 0.514. The van der Waals surface area contributed by atoms with E-state index in [1.807, 2.05) is 19.9 Å². The molecule has 1 aliphatic rings. The molecule has 2 aromatic heterocycles. The van der Waals surface area contributed by atoms with Gasteiger partial charge in [-0.15, -0.1) is 0 Å². The first-order valence-corrected chi connectivity index (χ1v) is 7.90. The zero-order valence-corrected chi connectivity index (χ0v) is 13.3. The molecule has 4 rings (SSSR count). The van der Waals surface area contributed by atoms with Crippen LogP contribution in [0, 0.1) is 13.8 Å². The van der Waals surface area contributed by atoms with Crippen LogP contribution in [0.25, 0.3) is 21.9 Å². The summed E-state index contributed by atoms with van der Waals surface area (Å²) in [6.45, 7) is 5.06. The van der Waals surface area contributed by atoms with E-state index >= 15 is 0 Å². The Morgan fingerprint density at radius 1 is 1.14 bits per heavy atom. The number of methoxy groups -OCH3 is 1. The van der Waals surface area contributed by atoms with Gasteiger partial charge in [0.25, 0.3) is 0 Å². The second kappa shape index (κ2) is 5.06. The lowest BCUT2D eigenvalue weighted by Crippen LogP contribution is -2.23. The molecule has 0 bridgehead atoms. The van der Waals surface area contributed by atoms with E-state index in [2.05, 4.69) is 11.4 Å². The average Bonchev–Trinajstić information content (AvgIpc) is 3.18. The summed E-state index contributed by atoms with van der Waals surface area (Å²) >= 11 is 0. The lowest BCUT2D eigenvalue weighted by atomic mass is 9.98. The van der Waals surface area contributed by atoms with Crippen molar-refractivity contribution in [3.05, 3.63) is 29.2 Å². The maximum Gasteiger partial charge on any atom is 0.177 e. The second-order valence-corrected chi connectivity index (χ2v) is 6.21. The molecule has 1 aliphatic heterocycles. The van der Waals surface area contributed by atoms with Crippen molar-refractivity contribution in [3.8, 4) is 5.75 Å². The van der Waals surface area contributed by atoms with Crippen molar-refractivity contribution >= 4 is 21.9 Å². The van der Waals surface area contributed by atoms with Gasteiger partial charge in [-0.3, -0.25) is 0 Å². The molecular formula is C18H21NO3. The Balaban J connectivity index is 2.01. The molecule has 4 heteroatoms. The molecule has 0 saturated carbocycles. The molecule has 0 aliphatic carbocycles. The van der Waals surface area contributed by atoms with E-state index in [0.717, 1.165) is 52.2 Å². The predicted molar refractivity (Wildman–Crippen MR) is 86.7 cm³/mol. The van der Waals surface area contributed by atoms with Crippen molar-refractivity contribution in [1.82, 2.24) is 5.32 Å². The van der Waals surface area contributed by atoms with Crippen LogP contribution in [0.3, 0.4) is 0 Å². The first-order chi connectivity index (χ1) is 10.7. The minimum Gasteiger partial charge on any atom is -0.492 e. The monoisotopic (exact) mass is 299 g/mol. The highest BCUT2D eigenvalue weighted by Crippen LogP contribution is 2.42. The molecule has 1 aromatic carbocycles. The van der Waals surface area contributed by atoms with Gasteiger partial charge in [-0.1, -0.05) is 0 Å². The summed E-state index contributed by atoms with van der Waals surface area (Å²) in [6, 6.07) is 4.65. The van der Waals surface area contributed by atoms with Crippen molar-refractivity contribution in [2.45, 2.75) is 39.2 Å². The molecule has 1 saturated heterocycles. The highest BCUT2D eigenvalue weighted by atomic mass is 16.5. The van der Waals surface area contributed by atoms with E-state index in [9.17, 15) is 0 Å². The summed E-state index contributed by atoms with van der Waals surface area (Å²) in [7, 11) is 1.69. The number of furan rings is 2. The third-order valence-electron chi connectivity index (χ3n) is 4.58. The molecule has 1 unspecified atom stereocenters. The van der Waals surface area contributed by atoms with Crippen LogP contribution in [0.15, 0.2) is 21.0 Å². The molecule has 0 spiro atoms. The topological polar surface area (TPSA) is 47.5 Å². The van der Waals surface area contributed by atoms with Crippen molar-refractivity contribution in [2.24, 2.45) is 0 Å². The first kappa shape index (κ1) is 13.7. The highest BCUT2D eigenvalue weighted by molar-refractivity contribution is 6.04. The Morgan fingerprint density at radius 2 is 1.86 bits per heavy atom. The lowest BCUT2D eigenvalue weighted by molar-refractivity contribution is 0.413. The quantitative estimate of drug-likeness (QED) is 0.791. The van der Waals surface area contributed by atoms with Gasteiger partial charge >= 0.3 is 0 Å². The highest BCUT2D eigenvalue weighted by Gasteiger charge is 2.24. The van der Waals surface area contributed by atoms with Gasteiger partial charge in [0.05, 0.1) is 12.5 Å². The molecule has 3 aromatic rings. The number of benzene rings is 1. The van der Waals surface area contributed by atoms with Crippen LogP contribution < -0.4 is 10.1 Å². The van der Waals surface area contributed by atoms with Gasteiger partial charge in [-0.25, -0.2) is 0 Å². The van der Waals surface area contributed by atoms with Crippen molar-refractivity contribution in [3.63, 3.8) is 0 Å². The number of hydrogen-bond acceptors (Lipinski definition) is 4. The number of rotatable bonds is 3. The Hall–Kier alpha value is -1.94. The fraction of sp³-hybridized carbons (Fsp3) is 0.444. The number of fused-ring (bicyclic) bond motifs is 2. The standard InChI is InChI=1S/C18H21NO3/c1-10-7-13-14(9-12-5-4-6-19-12)16-15(8-11(2)21-16)17(20-3)18(13)22-10/h7-8,12,19H,4-6,9H2,1-3H3. The predicted octanol–water partition coefficient (Wildman–Crippen LogP) is 4.10. The van der Waals surface area contributed by atoms with Crippen molar-refractivity contribution < 1.29 is 13.6 Å². The summed E-state index contributed by atoms with van der Waals surface area (Å²) in [5.74, 6) is 2.58. The van der Waals surface area contributed by atoms with Crippen LogP contribution in [0.1, 0.15) is 29.9 Å². The molecule has 1 atom stereocenters. The maximum absolute atomic E-state index is 6.02. The largest absolute Gasteiger partial charge is 0.492 e. The van der Waals surface area contributed by atoms with Gasteiger partial charge in [0.15, 0.2) is 11.3 Å². The summed E-state index contributed by atoms with van der Waals surface area (Å²) in [5, 5.41) is 5.70. The van der Waals surface area contributed by atoms with Gasteiger partial charge in [-0.2, -0.15) is 0 Å². The van der Waals surface area contributed by atoms with E-state index in [1.165, 1.54) is 18.4 Å². The molecule has 1 N–H and O–H groups in total. The summed E-state index contributed by atoms with van der Waals surface area (Å²) in [5.41, 5.74) is 3.01. The number of ether oxygens (including phenoxy) is 1. The third-order valence-corrected chi connectivity index (χ3v) is 4.58. The zero-order valence-electron chi connectivity index (χ0n) is 13.3. The Morgan fingerprint density at radius 3 is 2.55 bits per heavy atom. The lowest BCUT2D eigenvalue weighted by Gasteiger charge is -2.13. The molecular weight excluding hydrogens is 278 g/mol. The summed E-state index contributed by atoms with van der Waals surface area (Å²) < 4.78 is 17.6. The van der Waals surface area contributed by atoms with Crippen LogP contribution in [-0.4, -0.2) is 19.7 Å². The van der Waals surface area contributed by atoms with Crippen LogP contribution in [-0.2, 0) is 6.42 Å². The third kappa shape index (κ3) is 2.02. The van der Waals surface area contributed by atoms with Gasteiger partial charge in [0.1, 0.15) is 17.1 Å². The average molecular weight is 299 g/mol. The van der Waals surface area contributed by atoms with Gasteiger partial charge < -0.3 is 18.9 Å². The van der Waals surface area contributed by atoms with Crippen molar-refractivity contribution in [2.75, 3.05) is 13.7 Å². The van der Waals surface area contributed by atoms with Gasteiger partial charge in [0, 0.05) is 17.0 Å². The molecule has 22 heavy (non-hydrogen) atoms. The van der Waals surface area contributed by atoms with E-state index in [4.69, 9.17) is 13.6 Å². The van der Waals surface area contributed by atoms with Gasteiger partial charge in [-0.05, 0) is 51.8 Å². The molecule has 116 valence electrons. The van der Waals surface area contributed by atoms with Crippen LogP contribution in [0.2, 0.25) is 0 Å². The molecule has 0 radical (unpaired) electrons. The molecule has 4 nitrogen and oxygen atoms in total. The maximum atomic E-state index is 6.02. The number of hydrogen-bond donors (Lipinski definition) is 1. The number of aryl methyl sites for hydroxylation is 2.